The molecule has 0 saturated carbocycles. The lowest BCUT2D eigenvalue weighted by atomic mass is 10.1. The lowest BCUT2D eigenvalue weighted by Gasteiger charge is -2.13. The van der Waals surface area contributed by atoms with E-state index in [2.05, 4.69) is 32.3 Å². The Labute approximate surface area is 122 Å². The Morgan fingerprint density at radius 3 is 3.05 bits per heavy atom. The number of aromatic nitrogens is 4. The molecular weight excluding hydrogens is 268 g/mol. The molecule has 1 unspecified atom stereocenters. The van der Waals surface area contributed by atoms with Crippen LogP contribution in [-0.2, 0) is 7.05 Å². The van der Waals surface area contributed by atoms with Crippen molar-refractivity contribution in [2.75, 3.05) is 6.54 Å². The second kappa shape index (κ2) is 6.63. The second-order valence-electron chi connectivity index (χ2n) is 4.42. The molecule has 0 fully saturated rings. The van der Waals surface area contributed by atoms with Crippen LogP contribution in [0.15, 0.2) is 24.8 Å². The van der Waals surface area contributed by atoms with Crippen molar-refractivity contribution in [1.82, 2.24) is 25.1 Å². The van der Waals surface area contributed by atoms with E-state index in [0.717, 1.165) is 0 Å². The van der Waals surface area contributed by atoms with Crippen LogP contribution in [0.25, 0.3) is 0 Å². The average Bonchev–Trinajstić information content (AvgIpc) is 2.91. The first-order chi connectivity index (χ1) is 10.1. The molecule has 7 nitrogen and oxygen atoms in total. The summed E-state index contributed by atoms with van der Waals surface area (Å²) in [6.07, 6.45) is 4.68. The third-order valence-corrected chi connectivity index (χ3v) is 2.87. The van der Waals surface area contributed by atoms with Crippen LogP contribution in [-0.4, -0.2) is 32.2 Å². The van der Waals surface area contributed by atoms with Crippen LogP contribution >= 0.6 is 0 Å². The van der Waals surface area contributed by atoms with Gasteiger partial charge in [-0.1, -0.05) is 11.8 Å². The number of nitrogens with one attached hydrogen (secondary N) is 1. The van der Waals surface area contributed by atoms with Gasteiger partial charge in [0.05, 0.1) is 23.7 Å². The molecule has 1 atom stereocenters. The van der Waals surface area contributed by atoms with Crippen molar-refractivity contribution in [3.8, 4) is 11.8 Å². The van der Waals surface area contributed by atoms with Crippen LogP contribution in [0.3, 0.4) is 0 Å². The van der Waals surface area contributed by atoms with Gasteiger partial charge in [-0.25, -0.2) is 0 Å². The van der Waals surface area contributed by atoms with E-state index in [9.17, 15) is 4.79 Å². The number of pyridine rings is 1. The van der Waals surface area contributed by atoms with Gasteiger partial charge >= 0.3 is 0 Å². The molecule has 108 valence electrons. The van der Waals surface area contributed by atoms with Gasteiger partial charge < -0.3 is 15.6 Å². The Balaban J connectivity index is 2.19. The number of rotatable bonds is 3. The van der Waals surface area contributed by atoms with E-state index in [4.69, 9.17) is 5.73 Å². The highest BCUT2D eigenvalue weighted by Crippen LogP contribution is 2.11. The van der Waals surface area contributed by atoms with Crippen molar-refractivity contribution in [3.63, 3.8) is 0 Å². The standard InChI is InChI=1S/C14H16N6O/c1-10(13-19-17-9-20(13)2)18-14(21)12-5-7-16-8-11(12)4-3-6-15/h5,7-10H,6,15H2,1-2H3,(H,18,21). The Morgan fingerprint density at radius 2 is 2.38 bits per heavy atom. The maximum atomic E-state index is 12.4. The molecule has 0 bridgehead atoms. The number of amides is 1. The molecule has 0 spiro atoms. The van der Waals surface area contributed by atoms with Crippen LogP contribution in [0.2, 0.25) is 0 Å². The summed E-state index contributed by atoms with van der Waals surface area (Å²) < 4.78 is 1.76. The molecule has 0 saturated heterocycles. The van der Waals surface area contributed by atoms with Crippen molar-refractivity contribution in [1.29, 1.82) is 0 Å². The third-order valence-electron chi connectivity index (χ3n) is 2.87. The highest BCUT2D eigenvalue weighted by molar-refractivity contribution is 5.96. The zero-order chi connectivity index (χ0) is 15.2. The van der Waals surface area contributed by atoms with Crippen molar-refractivity contribution >= 4 is 5.91 Å². The number of nitrogens with zero attached hydrogens (tertiary/aromatic N) is 4. The molecular formula is C14H16N6O. The summed E-state index contributed by atoms with van der Waals surface area (Å²) in [5.74, 6) is 5.99. The lowest BCUT2D eigenvalue weighted by molar-refractivity contribution is 0.0937. The second-order valence-corrected chi connectivity index (χ2v) is 4.42. The van der Waals surface area contributed by atoms with Crippen molar-refractivity contribution in [2.45, 2.75) is 13.0 Å². The Bertz CT molecular complexity index is 697. The van der Waals surface area contributed by atoms with Gasteiger partial charge in [-0.15, -0.1) is 10.2 Å². The highest BCUT2D eigenvalue weighted by Gasteiger charge is 2.17. The van der Waals surface area contributed by atoms with Crippen LogP contribution in [0.4, 0.5) is 0 Å². The van der Waals surface area contributed by atoms with Crippen molar-refractivity contribution in [3.05, 3.63) is 41.7 Å². The van der Waals surface area contributed by atoms with Gasteiger partial charge in [0.15, 0.2) is 5.82 Å². The maximum Gasteiger partial charge on any atom is 0.253 e. The molecule has 0 aliphatic carbocycles. The van der Waals surface area contributed by atoms with E-state index in [1.165, 1.54) is 0 Å². The molecule has 0 aromatic carbocycles. The van der Waals surface area contributed by atoms with E-state index < -0.39 is 0 Å². The van der Waals surface area contributed by atoms with Crippen LogP contribution in [0.5, 0.6) is 0 Å². The summed E-state index contributed by atoms with van der Waals surface area (Å²) in [5, 5.41) is 10.6. The van der Waals surface area contributed by atoms with Gasteiger partial charge in [0.25, 0.3) is 5.91 Å². The Kier molecular flexibility index (Phi) is 4.64. The summed E-state index contributed by atoms with van der Waals surface area (Å²) in [6.45, 7) is 2.07. The van der Waals surface area contributed by atoms with Crippen LogP contribution < -0.4 is 11.1 Å². The molecule has 0 aliphatic rings. The largest absolute Gasteiger partial charge is 0.342 e. The smallest absolute Gasteiger partial charge is 0.253 e. The van der Waals surface area contributed by atoms with E-state index in [1.54, 1.807) is 29.4 Å². The number of carbonyl (C=O) groups excluding carboxylic acids is 1. The fourth-order valence-electron chi connectivity index (χ4n) is 1.86. The molecule has 21 heavy (non-hydrogen) atoms. The first kappa shape index (κ1) is 14.7. The first-order valence-electron chi connectivity index (χ1n) is 6.41. The predicted octanol–water partition coefficient (Wildman–Crippen LogP) is 0.0113. The highest BCUT2D eigenvalue weighted by atomic mass is 16.1. The minimum absolute atomic E-state index is 0.227. The molecule has 1 amide bonds. The van der Waals surface area contributed by atoms with Gasteiger partial charge in [-0.05, 0) is 13.0 Å². The molecule has 2 aromatic rings. The minimum Gasteiger partial charge on any atom is -0.342 e. The monoisotopic (exact) mass is 284 g/mol. The summed E-state index contributed by atoms with van der Waals surface area (Å²) in [5.41, 5.74) is 6.36. The number of hydrogen-bond donors (Lipinski definition) is 2. The molecule has 7 heteroatoms. The molecule has 2 rings (SSSR count). The molecule has 0 aliphatic heterocycles. The van der Waals surface area contributed by atoms with Gasteiger partial charge in [0, 0.05) is 19.4 Å². The average molecular weight is 284 g/mol. The normalized spacial score (nSPS) is 11.4. The molecule has 0 radical (unpaired) electrons. The van der Waals surface area contributed by atoms with Gasteiger partial charge in [-0.3, -0.25) is 9.78 Å². The van der Waals surface area contributed by atoms with E-state index >= 15 is 0 Å². The zero-order valence-electron chi connectivity index (χ0n) is 11.9. The minimum atomic E-state index is -0.270. The quantitative estimate of drug-likeness (QED) is 0.774. The SMILES string of the molecule is CC(NC(=O)c1ccncc1C#CCN)c1nncn1C. The number of aryl methyl sites for hydroxylation is 1. The zero-order valence-corrected chi connectivity index (χ0v) is 11.9. The van der Waals surface area contributed by atoms with Crippen molar-refractivity contribution in [2.24, 2.45) is 12.8 Å². The molecule has 2 aromatic heterocycles. The van der Waals surface area contributed by atoms with Gasteiger partial charge in [0.2, 0.25) is 0 Å². The fraction of sp³-hybridized carbons (Fsp3) is 0.286. The summed E-state index contributed by atoms with van der Waals surface area (Å²) in [4.78, 5) is 16.3. The lowest BCUT2D eigenvalue weighted by Crippen LogP contribution is -2.29. The fourth-order valence-corrected chi connectivity index (χ4v) is 1.86. The summed E-state index contributed by atoms with van der Waals surface area (Å²) >= 11 is 0. The van der Waals surface area contributed by atoms with Crippen LogP contribution in [0, 0.1) is 11.8 Å². The molecule has 2 heterocycles. The number of nitrogens with two attached hydrogens (primary N) is 1. The first-order valence-corrected chi connectivity index (χ1v) is 6.41. The van der Waals surface area contributed by atoms with E-state index in [0.29, 0.717) is 17.0 Å². The Hall–Kier alpha value is -2.72. The van der Waals surface area contributed by atoms with Gasteiger partial charge in [0.1, 0.15) is 6.33 Å². The number of carbonyl (C=O) groups is 1. The third kappa shape index (κ3) is 3.43. The van der Waals surface area contributed by atoms with Crippen LogP contribution in [0.1, 0.15) is 34.7 Å². The van der Waals surface area contributed by atoms with Gasteiger partial charge in [-0.2, -0.15) is 0 Å². The maximum absolute atomic E-state index is 12.4. The topological polar surface area (TPSA) is 98.7 Å². The predicted molar refractivity (Wildman–Crippen MR) is 77.1 cm³/mol. The van der Waals surface area contributed by atoms with E-state index in [-0.39, 0.29) is 18.5 Å². The summed E-state index contributed by atoms with van der Waals surface area (Å²) in [7, 11) is 1.82. The Morgan fingerprint density at radius 1 is 1.57 bits per heavy atom. The molecule has 3 N–H and O–H groups in total. The van der Waals surface area contributed by atoms with E-state index in [1.807, 2.05) is 14.0 Å². The number of hydrogen-bond acceptors (Lipinski definition) is 5. The van der Waals surface area contributed by atoms with Crippen molar-refractivity contribution < 1.29 is 4.79 Å². The summed E-state index contributed by atoms with van der Waals surface area (Å²) in [6, 6.07) is 1.35.